The summed E-state index contributed by atoms with van der Waals surface area (Å²) in [6.07, 6.45) is 3.11. The number of esters is 1. The van der Waals surface area contributed by atoms with Gasteiger partial charge < -0.3 is 4.74 Å². The fraction of sp³-hybridized carbons (Fsp3) is 0.273. The van der Waals surface area contributed by atoms with Gasteiger partial charge in [-0.15, -0.1) is 0 Å². The molecule has 0 N–H and O–H groups in total. The van der Waals surface area contributed by atoms with Crippen LogP contribution in [0.25, 0.3) is 0 Å². The Morgan fingerprint density at radius 2 is 2.19 bits per heavy atom. The molecule has 0 bridgehead atoms. The molecule has 1 aromatic carbocycles. The van der Waals surface area contributed by atoms with Gasteiger partial charge in [0.05, 0.1) is 15.9 Å². The number of ether oxygens (including phenoxy) is 1. The number of halogens is 3. The molecule has 1 rings (SSSR count). The summed E-state index contributed by atoms with van der Waals surface area (Å²) in [5.41, 5.74) is 0. The second-order valence-corrected chi connectivity index (χ2v) is 5.29. The predicted molar refractivity (Wildman–Crippen MR) is 71.7 cm³/mol. The summed E-state index contributed by atoms with van der Waals surface area (Å²) >= 11 is 12.5. The molecular formula is C11H10Br2ClO2. The van der Waals surface area contributed by atoms with Crippen LogP contribution < -0.4 is 4.74 Å². The molecule has 1 aromatic rings. The topological polar surface area (TPSA) is 26.3 Å². The van der Waals surface area contributed by atoms with Crippen LogP contribution in [0, 0.1) is 6.42 Å². The van der Waals surface area contributed by atoms with E-state index in [1.54, 1.807) is 12.1 Å². The lowest BCUT2D eigenvalue weighted by Crippen LogP contribution is -2.08. The van der Waals surface area contributed by atoms with E-state index in [9.17, 15) is 4.79 Å². The molecule has 0 saturated heterocycles. The molecule has 0 spiro atoms. The summed E-state index contributed by atoms with van der Waals surface area (Å²) in [6, 6.07) is 3.45. The van der Waals surface area contributed by atoms with Crippen molar-refractivity contribution in [2.75, 3.05) is 0 Å². The van der Waals surface area contributed by atoms with E-state index in [4.69, 9.17) is 16.3 Å². The Kier molecular flexibility index (Phi) is 5.79. The van der Waals surface area contributed by atoms with Crippen LogP contribution in [-0.4, -0.2) is 5.97 Å². The second-order valence-electron chi connectivity index (χ2n) is 3.11. The SMILES string of the molecule is CCC[CH]C(=O)Oc1c(Cl)cc(Br)cc1Br. The molecule has 0 fully saturated rings. The van der Waals surface area contributed by atoms with Gasteiger partial charge in [0.15, 0.2) is 5.75 Å². The van der Waals surface area contributed by atoms with Gasteiger partial charge in [0.2, 0.25) is 0 Å². The molecule has 16 heavy (non-hydrogen) atoms. The number of hydrogen-bond donors (Lipinski definition) is 0. The zero-order valence-corrected chi connectivity index (χ0v) is 12.5. The van der Waals surface area contributed by atoms with E-state index < -0.39 is 0 Å². The smallest absolute Gasteiger partial charge is 0.315 e. The van der Waals surface area contributed by atoms with Crippen molar-refractivity contribution in [1.82, 2.24) is 0 Å². The largest absolute Gasteiger partial charge is 0.423 e. The molecule has 0 amide bonds. The highest BCUT2D eigenvalue weighted by molar-refractivity contribution is 9.11. The van der Waals surface area contributed by atoms with Gasteiger partial charge >= 0.3 is 5.97 Å². The van der Waals surface area contributed by atoms with Gasteiger partial charge in [0.25, 0.3) is 0 Å². The second kappa shape index (κ2) is 6.62. The van der Waals surface area contributed by atoms with Gasteiger partial charge in [0, 0.05) is 4.47 Å². The maximum Gasteiger partial charge on any atom is 0.315 e. The first-order valence-corrected chi connectivity index (χ1v) is 6.70. The minimum atomic E-state index is -0.383. The number of unbranched alkanes of at least 4 members (excludes halogenated alkanes) is 1. The van der Waals surface area contributed by atoms with Crippen molar-refractivity contribution in [2.45, 2.75) is 19.8 Å². The third-order valence-corrected chi connectivity index (χ3v) is 3.09. The zero-order chi connectivity index (χ0) is 12.1. The number of carbonyl (C=O) groups is 1. The first kappa shape index (κ1) is 14.0. The first-order valence-electron chi connectivity index (χ1n) is 4.74. The lowest BCUT2D eigenvalue weighted by atomic mass is 10.2. The van der Waals surface area contributed by atoms with Gasteiger partial charge in [-0.05, 0) is 34.5 Å². The third kappa shape index (κ3) is 4.07. The molecule has 0 aliphatic heterocycles. The van der Waals surface area contributed by atoms with Crippen LogP contribution in [0.3, 0.4) is 0 Å². The van der Waals surface area contributed by atoms with Crippen LogP contribution in [0.5, 0.6) is 5.75 Å². The van der Waals surface area contributed by atoms with Crippen molar-refractivity contribution < 1.29 is 9.53 Å². The van der Waals surface area contributed by atoms with Crippen molar-refractivity contribution in [3.8, 4) is 5.75 Å². The summed E-state index contributed by atoms with van der Waals surface area (Å²) in [7, 11) is 0. The van der Waals surface area contributed by atoms with E-state index in [0.717, 1.165) is 10.9 Å². The number of carbonyl (C=O) groups excluding carboxylic acids is 1. The van der Waals surface area contributed by atoms with Gasteiger partial charge in [-0.2, -0.15) is 0 Å². The van der Waals surface area contributed by atoms with Crippen LogP contribution in [0.1, 0.15) is 19.8 Å². The van der Waals surface area contributed by atoms with E-state index >= 15 is 0 Å². The van der Waals surface area contributed by atoms with Gasteiger partial charge in [-0.3, -0.25) is 4.79 Å². The lowest BCUT2D eigenvalue weighted by molar-refractivity contribution is -0.130. The predicted octanol–water partition coefficient (Wildman–Crippen LogP) is 4.77. The summed E-state index contributed by atoms with van der Waals surface area (Å²) in [6.45, 7) is 1.99. The van der Waals surface area contributed by atoms with Gasteiger partial charge in [-0.1, -0.05) is 40.9 Å². The van der Waals surface area contributed by atoms with Gasteiger partial charge in [0.1, 0.15) is 0 Å². The quantitative estimate of drug-likeness (QED) is 0.564. The first-order chi connectivity index (χ1) is 7.54. The normalized spacial score (nSPS) is 10.2. The fourth-order valence-electron chi connectivity index (χ4n) is 1.03. The Morgan fingerprint density at radius 3 is 2.75 bits per heavy atom. The van der Waals surface area contributed by atoms with Crippen molar-refractivity contribution in [3.63, 3.8) is 0 Å². The van der Waals surface area contributed by atoms with E-state index in [-0.39, 0.29) is 5.97 Å². The monoisotopic (exact) mass is 367 g/mol. The van der Waals surface area contributed by atoms with E-state index in [1.807, 2.05) is 6.92 Å². The molecule has 0 aromatic heterocycles. The average molecular weight is 369 g/mol. The number of rotatable bonds is 4. The van der Waals surface area contributed by atoms with Crippen LogP contribution in [0.2, 0.25) is 5.02 Å². The van der Waals surface area contributed by atoms with Crippen molar-refractivity contribution >= 4 is 49.4 Å². The van der Waals surface area contributed by atoms with Crippen molar-refractivity contribution in [2.24, 2.45) is 0 Å². The minimum Gasteiger partial charge on any atom is -0.423 e. The number of benzene rings is 1. The maximum atomic E-state index is 11.4. The molecule has 5 heteroatoms. The van der Waals surface area contributed by atoms with E-state index in [1.165, 1.54) is 6.42 Å². The fourth-order valence-corrected chi connectivity index (χ4v) is 2.84. The Labute approximate surface area is 117 Å². The Bertz CT molecular complexity index is 371. The summed E-state index contributed by atoms with van der Waals surface area (Å²) in [4.78, 5) is 11.4. The van der Waals surface area contributed by atoms with Crippen LogP contribution in [0.4, 0.5) is 0 Å². The van der Waals surface area contributed by atoms with Crippen LogP contribution in [-0.2, 0) is 4.79 Å². The summed E-state index contributed by atoms with van der Waals surface area (Å²) in [5, 5.41) is 0.388. The molecule has 0 heterocycles. The van der Waals surface area contributed by atoms with Crippen molar-refractivity contribution in [1.29, 1.82) is 0 Å². The molecule has 0 atom stereocenters. The van der Waals surface area contributed by atoms with E-state index in [2.05, 4.69) is 31.9 Å². The molecular weight excluding hydrogens is 359 g/mol. The van der Waals surface area contributed by atoms with E-state index in [0.29, 0.717) is 21.7 Å². The Morgan fingerprint density at radius 1 is 1.50 bits per heavy atom. The highest BCUT2D eigenvalue weighted by atomic mass is 79.9. The van der Waals surface area contributed by atoms with Crippen molar-refractivity contribution in [3.05, 3.63) is 32.5 Å². The third-order valence-electron chi connectivity index (χ3n) is 1.77. The molecule has 0 saturated carbocycles. The molecule has 87 valence electrons. The van der Waals surface area contributed by atoms with Crippen LogP contribution in [0.15, 0.2) is 21.1 Å². The standard InChI is InChI=1S/C11H10Br2ClO2/c1-2-3-4-10(15)16-11-8(13)5-7(12)6-9(11)14/h4-6H,2-3H2,1H3. The Balaban J connectivity index is 2.77. The molecule has 0 aliphatic carbocycles. The summed E-state index contributed by atoms with van der Waals surface area (Å²) < 4.78 is 6.60. The number of hydrogen-bond acceptors (Lipinski definition) is 2. The maximum absolute atomic E-state index is 11.4. The Hall–Kier alpha value is -0.0600. The molecule has 2 nitrogen and oxygen atoms in total. The highest BCUT2D eigenvalue weighted by Crippen LogP contribution is 2.36. The zero-order valence-electron chi connectivity index (χ0n) is 8.60. The minimum absolute atomic E-state index is 0.349. The summed E-state index contributed by atoms with van der Waals surface area (Å²) in [5.74, 6) is -0.0333. The molecule has 0 unspecified atom stereocenters. The lowest BCUT2D eigenvalue weighted by Gasteiger charge is -2.08. The van der Waals surface area contributed by atoms with Crippen LogP contribution >= 0.6 is 43.5 Å². The molecule has 1 radical (unpaired) electrons. The highest BCUT2D eigenvalue weighted by Gasteiger charge is 2.12. The molecule has 0 aliphatic rings. The average Bonchev–Trinajstić information content (AvgIpc) is 2.20. The van der Waals surface area contributed by atoms with Gasteiger partial charge in [-0.25, -0.2) is 0 Å².